The maximum atomic E-state index is 10.1. The van der Waals surface area contributed by atoms with Crippen LogP contribution in [0.2, 0.25) is 0 Å². The van der Waals surface area contributed by atoms with Crippen LogP contribution in [-0.4, -0.2) is 15.3 Å². The molecular weight excluding hydrogens is 379 g/mol. The lowest BCUT2D eigenvalue weighted by molar-refractivity contribution is 0.351. The molecule has 28 heavy (non-hydrogen) atoms. The Labute approximate surface area is 164 Å². The first-order valence-corrected chi connectivity index (χ1v) is 9.64. The molecule has 3 aromatic rings. The zero-order valence-corrected chi connectivity index (χ0v) is 16.6. The minimum absolute atomic E-state index is 0.0766. The summed E-state index contributed by atoms with van der Waals surface area (Å²) in [5.74, 6) is 0.285. The zero-order valence-electron chi connectivity index (χ0n) is 15.7. The van der Waals surface area contributed by atoms with Crippen molar-refractivity contribution in [2.24, 2.45) is 0 Å². The quantitative estimate of drug-likeness (QED) is 0.474. The Morgan fingerprint density at radius 1 is 0.536 bits per heavy atom. The zero-order chi connectivity index (χ0) is 20.3. The highest BCUT2D eigenvalue weighted by Gasteiger charge is 2.24. The number of benzene rings is 3. The van der Waals surface area contributed by atoms with Gasteiger partial charge in [-0.05, 0) is 73.9 Å². The maximum absolute atomic E-state index is 10.1. The van der Waals surface area contributed by atoms with Crippen molar-refractivity contribution in [3.63, 3.8) is 0 Å². The van der Waals surface area contributed by atoms with E-state index in [0.29, 0.717) is 0 Å². The predicted molar refractivity (Wildman–Crippen MR) is 107 cm³/mol. The van der Waals surface area contributed by atoms with E-state index in [1.54, 1.807) is 36.4 Å². The van der Waals surface area contributed by atoms with E-state index in [0.717, 1.165) is 16.7 Å². The van der Waals surface area contributed by atoms with Crippen molar-refractivity contribution in [1.82, 2.24) is 0 Å². The third-order valence-electron chi connectivity index (χ3n) is 3.86. The average molecular weight is 400 g/mol. The van der Waals surface area contributed by atoms with Gasteiger partial charge in [0.15, 0.2) is 34.5 Å². The smallest absolute Gasteiger partial charge is 0.504 e. The molecule has 0 spiro atoms. The maximum Gasteiger partial charge on any atom is 0.530 e. The fourth-order valence-electron chi connectivity index (χ4n) is 2.38. The summed E-state index contributed by atoms with van der Waals surface area (Å²) in [6.07, 6.45) is 0. The molecule has 0 unspecified atom stereocenters. The second kappa shape index (κ2) is 8.28. The van der Waals surface area contributed by atoms with Gasteiger partial charge in [0.2, 0.25) is 0 Å². The van der Waals surface area contributed by atoms with Crippen molar-refractivity contribution in [2.75, 3.05) is 0 Å². The number of hydrogen-bond acceptors (Lipinski definition) is 6. The van der Waals surface area contributed by atoms with Gasteiger partial charge in [-0.15, -0.1) is 0 Å². The number of hydrogen-bond donors (Lipinski definition) is 3. The minimum atomic E-state index is -2.16. The highest BCUT2D eigenvalue weighted by Crippen LogP contribution is 2.48. The van der Waals surface area contributed by atoms with Crippen molar-refractivity contribution in [3.05, 3.63) is 71.3 Å². The number of aromatic hydroxyl groups is 3. The molecule has 0 aliphatic rings. The molecule has 7 heteroatoms. The van der Waals surface area contributed by atoms with Crippen molar-refractivity contribution in [1.29, 1.82) is 0 Å². The predicted octanol–water partition coefficient (Wildman–Crippen LogP) is 5.49. The van der Waals surface area contributed by atoms with E-state index in [4.69, 9.17) is 13.6 Å². The number of phenols is 3. The van der Waals surface area contributed by atoms with Crippen LogP contribution in [-0.2, 0) is 0 Å². The van der Waals surface area contributed by atoms with E-state index in [2.05, 4.69) is 0 Å². The summed E-state index contributed by atoms with van der Waals surface area (Å²) in [6.45, 7) is 5.57. The highest BCUT2D eigenvalue weighted by atomic mass is 31.2. The summed E-state index contributed by atoms with van der Waals surface area (Å²) in [7, 11) is -2.16. The van der Waals surface area contributed by atoms with Crippen LogP contribution in [0, 0.1) is 20.8 Å². The van der Waals surface area contributed by atoms with Gasteiger partial charge in [-0.1, -0.05) is 18.2 Å². The van der Waals surface area contributed by atoms with Gasteiger partial charge in [0.25, 0.3) is 0 Å². The lowest BCUT2D eigenvalue weighted by Gasteiger charge is -2.20. The van der Waals surface area contributed by atoms with Gasteiger partial charge in [0.05, 0.1) is 0 Å². The summed E-state index contributed by atoms with van der Waals surface area (Å²) < 4.78 is 17.3. The normalized spacial score (nSPS) is 10.7. The van der Waals surface area contributed by atoms with Crippen molar-refractivity contribution >= 4 is 8.60 Å². The second-order valence-corrected chi connectivity index (χ2v) is 7.41. The summed E-state index contributed by atoms with van der Waals surface area (Å²) in [6, 6.07) is 14.7. The van der Waals surface area contributed by atoms with Crippen molar-refractivity contribution < 1.29 is 28.9 Å². The molecule has 0 fully saturated rings. The van der Waals surface area contributed by atoms with Gasteiger partial charge >= 0.3 is 8.60 Å². The molecule has 0 aromatic heterocycles. The highest BCUT2D eigenvalue weighted by molar-refractivity contribution is 7.43. The molecule has 0 heterocycles. The first-order chi connectivity index (χ1) is 13.3. The molecule has 6 nitrogen and oxygen atoms in total. The summed E-state index contributed by atoms with van der Waals surface area (Å²) >= 11 is 0. The van der Waals surface area contributed by atoms with Crippen LogP contribution in [0.5, 0.6) is 34.5 Å². The molecule has 0 aliphatic carbocycles. The molecule has 0 bridgehead atoms. The van der Waals surface area contributed by atoms with E-state index in [1.807, 2.05) is 20.8 Å². The molecule has 0 saturated carbocycles. The third kappa shape index (κ3) is 4.78. The average Bonchev–Trinajstić information content (AvgIpc) is 2.64. The van der Waals surface area contributed by atoms with Gasteiger partial charge in [-0.25, -0.2) is 0 Å². The summed E-state index contributed by atoms with van der Waals surface area (Å²) in [5, 5.41) is 30.3. The third-order valence-corrected chi connectivity index (χ3v) is 4.90. The van der Waals surface area contributed by atoms with E-state index in [1.165, 1.54) is 18.2 Å². The Morgan fingerprint density at radius 2 is 0.821 bits per heavy atom. The Hall–Kier alpha value is -3.11. The largest absolute Gasteiger partial charge is 0.530 e. The topological polar surface area (TPSA) is 88.4 Å². The fraction of sp³-hybridized carbons (Fsp3) is 0.143. The molecule has 0 amide bonds. The minimum Gasteiger partial charge on any atom is -0.504 e. The van der Waals surface area contributed by atoms with Crippen molar-refractivity contribution in [2.45, 2.75) is 20.8 Å². The molecule has 3 N–H and O–H groups in total. The standard InChI is InChI=1S/C21H21O6P/c1-13-4-7-16(22)19(10-13)25-28(26-20-11-14(2)5-8-17(20)23)27-21-12-15(3)6-9-18(21)24/h4-12,22-24H,1-3H3. The molecule has 0 saturated heterocycles. The van der Waals surface area contributed by atoms with E-state index >= 15 is 0 Å². The van der Waals surface area contributed by atoms with Gasteiger partial charge in [-0.3, -0.25) is 0 Å². The van der Waals surface area contributed by atoms with Crippen LogP contribution in [0.3, 0.4) is 0 Å². The van der Waals surface area contributed by atoms with Crippen LogP contribution >= 0.6 is 8.60 Å². The first-order valence-electron chi connectivity index (χ1n) is 8.55. The van der Waals surface area contributed by atoms with E-state index in [-0.39, 0.29) is 34.5 Å². The second-order valence-electron chi connectivity index (χ2n) is 6.41. The van der Waals surface area contributed by atoms with Gasteiger partial charge < -0.3 is 28.9 Å². The monoisotopic (exact) mass is 400 g/mol. The van der Waals surface area contributed by atoms with Gasteiger partial charge in [-0.2, -0.15) is 0 Å². The van der Waals surface area contributed by atoms with Gasteiger partial charge in [0.1, 0.15) is 0 Å². The lowest BCUT2D eigenvalue weighted by Crippen LogP contribution is -2.03. The molecule has 146 valence electrons. The molecule has 3 rings (SSSR count). The number of phenolic OH excluding ortho intramolecular Hbond substituents is 3. The molecule has 0 radical (unpaired) electrons. The van der Waals surface area contributed by atoms with E-state index < -0.39 is 8.60 Å². The lowest BCUT2D eigenvalue weighted by atomic mass is 10.2. The van der Waals surface area contributed by atoms with Crippen LogP contribution in [0.1, 0.15) is 16.7 Å². The Kier molecular flexibility index (Phi) is 5.81. The van der Waals surface area contributed by atoms with Gasteiger partial charge in [0, 0.05) is 0 Å². The van der Waals surface area contributed by atoms with Crippen LogP contribution in [0.25, 0.3) is 0 Å². The molecule has 0 aliphatic heterocycles. The van der Waals surface area contributed by atoms with Crippen LogP contribution in [0.4, 0.5) is 0 Å². The van der Waals surface area contributed by atoms with Crippen LogP contribution in [0.15, 0.2) is 54.6 Å². The molecule has 3 aromatic carbocycles. The van der Waals surface area contributed by atoms with Crippen molar-refractivity contribution in [3.8, 4) is 34.5 Å². The number of aryl methyl sites for hydroxylation is 3. The fourth-order valence-corrected chi connectivity index (χ4v) is 3.41. The Balaban J connectivity index is 1.94. The molecule has 0 atom stereocenters. The summed E-state index contributed by atoms with van der Waals surface area (Å²) in [5.41, 5.74) is 2.62. The van der Waals surface area contributed by atoms with E-state index in [9.17, 15) is 15.3 Å². The number of rotatable bonds is 6. The molecular formula is C21H21O6P. The first kappa shape index (κ1) is 19.6. The van der Waals surface area contributed by atoms with Crippen LogP contribution < -0.4 is 13.6 Å². The summed E-state index contributed by atoms with van der Waals surface area (Å²) in [4.78, 5) is 0. The SMILES string of the molecule is Cc1ccc(O)c(OP(Oc2cc(C)ccc2O)Oc2cc(C)ccc2O)c1. The Bertz CT molecular complexity index is 861. The Morgan fingerprint density at radius 3 is 1.11 bits per heavy atom.